The highest BCUT2D eigenvalue weighted by Crippen LogP contribution is 2.34. The summed E-state index contributed by atoms with van der Waals surface area (Å²) in [6.07, 6.45) is 0.138. The van der Waals surface area contributed by atoms with E-state index in [0.717, 1.165) is 16.8 Å². The summed E-state index contributed by atoms with van der Waals surface area (Å²) in [5.74, 6) is -0.829. The van der Waals surface area contributed by atoms with E-state index in [-0.39, 0.29) is 28.9 Å². The summed E-state index contributed by atoms with van der Waals surface area (Å²) in [6.45, 7) is 4.50. The lowest BCUT2D eigenvalue weighted by Gasteiger charge is -2.17. The molecule has 0 aliphatic carbocycles. The summed E-state index contributed by atoms with van der Waals surface area (Å²) in [4.78, 5) is 26.8. The van der Waals surface area contributed by atoms with Gasteiger partial charge < -0.3 is 10.2 Å². The van der Waals surface area contributed by atoms with Crippen molar-refractivity contribution in [2.75, 3.05) is 22.5 Å². The Morgan fingerprint density at radius 2 is 1.82 bits per heavy atom. The average Bonchev–Trinajstić information content (AvgIpc) is 3.39. The Morgan fingerprint density at radius 3 is 2.52 bits per heavy atom. The van der Waals surface area contributed by atoms with Gasteiger partial charge in [0.1, 0.15) is 5.01 Å². The van der Waals surface area contributed by atoms with Crippen LogP contribution in [0.15, 0.2) is 53.4 Å². The van der Waals surface area contributed by atoms with Crippen molar-refractivity contribution in [2.24, 2.45) is 0 Å². The van der Waals surface area contributed by atoms with E-state index in [4.69, 9.17) is 0 Å². The molecule has 4 rings (SSSR count). The highest BCUT2D eigenvalue weighted by Gasteiger charge is 2.34. The van der Waals surface area contributed by atoms with Crippen molar-refractivity contribution in [1.82, 2.24) is 10.2 Å². The number of nitrogens with zero attached hydrogens (tertiary/aromatic N) is 3. The number of rotatable bonds is 7. The fourth-order valence-corrected chi connectivity index (χ4v) is 5.95. The number of aryl methyl sites for hydroxylation is 2. The summed E-state index contributed by atoms with van der Waals surface area (Å²) in [7, 11) is -3.54. The monoisotopic (exact) mass is 484 g/mol. The van der Waals surface area contributed by atoms with Gasteiger partial charge in [-0.15, -0.1) is 10.2 Å². The third-order valence-electron chi connectivity index (χ3n) is 5.38. The number of hydrogen-bond donors (Lipinski definition) is 1. The second-order valence-corrected chi connectivity index (χ2v) is 11.2. The van der Waals surface area contributed by atoms with Crippen LogP contribution in [0.2, 0.25) is 0 Å². The lowest BCUT2D eigenvalue weighted by atomic mass is 10.1. The maximum atomic E-state index is 12.6. The van der Waals surface area contributed by atoms with Gasteiger partial charge >= 0.3 is 0 Å². The van der Waals surface area contributed by atoms with Gasteiger partial charge in [0.05, 0.1) is 10.6 Å². The van der Waals surface area contributed by atoms with Crippen molar-refractivity contribution < 1.29 is 18.0 Å². The van der Waals surface area contributed by atoms with E-state index in [1.54, 1.807) is 23.1 Å². The van der Waals surface area contributed by atoms with Gasteiger partial charge in [-0.1, -0.05) is 35.6 Å². The first kappa shape index (κ1) is 23.1. The molecule has 1 saturated heterocycles. The third kappa shape index (κ3) is 5.45. The average molecular weight is 485 g/mol. The minimum atomic E-state index is -3.54. The maximum Gasteiger partial charge on any atom is 0.227 e. The Labute approximate surface area is 196 Å². The smallest absolute Gasteiger partial charge is 0.227 e. The number of aromatic nitrogens is 2. The van der Waals surface area contributed by atoms with Crippen LogP contribution in [0, 0.1) is 13.8 Å². The molecular formula is C23H24N4O4S2. The molecular weight excluding hydrogens is 460 g/mol. The Hall–Kier alpha value is -3.11. The number of nitrogens with one attached hydrogen (secondary N) is 1. The molecule has 3 aromatic rings. The number of benzene rings is 2. The van der Waals surface area contributed by atoms with Crippen LogP contribution in [-0.4, -0.2) is 42.7 Å². The van der Waals surface area contributed by atoms with Crippen molar-refractivity contribution in [3.8, 4) is 0 Å². The van der Waals surface area contributed by atoms with Crippen LogP contribution >= 0.6 is 11.3 Å². The summed E-state index contributed by atoms with van der Waals surface area (Å²) in [6, 6.07) is 14.1. The fourth-order valence-electron chi connectivity index (χ4n) is 3.83. The molecule has 1 atom stereocenters. The lowest BCUT2D eigenvalue weighted by Crippen LogP contribution is -2.24. The number of anilines is 2. The Kier molecular flexibility index (Phi) is 6.57. The largest absolute Gasteiger partial charge is 0.312 e. The van der Waals surface area contributed by atoms with Gasteiger partial charge in [-0.05, 0) is 49.2 Å². The molecule has 1 aliphatic heterocycles. The van der Waals surface area contributed by atoms with Crippen LogP contribution in [0.4, 0.5) is 10.8 Å². The molecule has 8 nitrogen and oxygen atoms in total. The molecule has 0 saturated carbocycles. The molecule has 1 aliphatic rings. The fraction of sp³-hybridized carbons (Fsp3) is 0.304. The van der Waals surface area contributed by atoms with Crippen molar-refractivity contribution in [3.63, 3.8) is 0 Å². The van der Waals surface area contributed by atoms with Crippen LogP contribution in [-0.2, 0) is 19.4 Å². The zero-order valence-corrected chi connectivity index (χ0v) is 19.9. The van der Waals surface area contributed by atoms with E-state index < -0.39 is 15.7 Å². The van der Waals surface area contributed by atoms with Gasteiger partial charge in [0.2, 0.25) is 16.9 Å². The molecule has 1 fully saturated rings. The van der Waals surface area contributed by atoms with Gasteiger partial charge in [0.25, 0.3) is 0 Å². The SMILES string of the molecule is Cc1cc(C)cc(N2C[C@H](c3nnc(NC(=O)CCS(=O)(=O)c4ccccc4)s3)CC2=O)c1. The van der Waals surface area contributed by atoms with Gasteiger partial charge in [0.15, 0.2) is 9.84 Å². The number of carbonyl (C=O) groups excluding carboxylic acids is 2. The predicted octanol–water partition coefficient (Wildman–Crippen LogP) is 3.48. The minimum Gasteiger partial charge on any atom is -0.312 e. The van der Waals surface area contributed by atoms with Gasteiger partial charge in [-0.2, -0.15) is 0 Å². The highest BCUT2D eigenvalue weighted by atomic mass is 32.2. The zero-order chi connectivity index (χ0) is 23.6. The van der Waals surface area contributed by atoms with Gasteiger partial charge in [0, 0.05) is 31.0 Å². The molecule has 0 unspecified atom stereocenters. The van der Waals surface area contributed by atoms with Crippen molar-refractivity contribution in [3.05, 3.63) is 64.7 Å². The molecule has 10 heteroatoms. The minimum absolute atomic E-state index is 0.0249. The van der Waals surface area contributed by atoms with Crippen LogP contribution < -0.4 is 10.2 Å². The molecule has 0 radical (unpaired) electrons. The summed E-state index contributed by atoms with van der Waals surface area (Å²) in [5.41, 5.74) is 3.06. The topological polar surface area (TPSA) is 109 Å². The first-order valence-electron chi connectivity index (χ1n) is 10.5. The quantitative estimate of drug-likeness (QED) is 0.550. The van der Waals surface area contributed by atoms with E-state index in [0.29, 0.717) is 23.1 Å². The van der Waals surface area contributed by atoms with Crippen LogP contribution in [0.5, 0.6) is 0 Å². The molecule has 172 valence electrons. The number of carbonyl (C=O) groups is 2. The predicted molar refractivity (Wildman–Crippen MR) is 127 cm³/mol. The molecule has 33 heavy (non-hydrogen) atoms. The van der Waals surface area contributed by atoms with Crippen LogP contribution in [0.25, 0.3) is 0 Å². The standard InChI is InChI=1S/C23H24N4O4S2/c1-15-10-16(2)12-18(11-15)27-14-17(13-21(27)29)22-25-26-23(32-22)24-20(28)8-9-33(30,31)19-6-4-3-5-7-19/h3-7,10-12,17H,8-9,13-14H2,1-2H3,(H,24,26,28)/t17-/m1/s1. The second-order valence-electron chi connectivity index (χ2n) is 8.13. The summed E-state index contributed by atoms with van der Waals surface area (Å²) < 4.78 is 24.7. The first-order chi connectivity index (χ1) is 15.7. The van der Waals surface area contributed by atoms with Crippen LogP contribution in [0.1, 0.15) is 34.9 Å². The molecule has 2 heterocycles. The second kappa shape index (κ2) is 9.40. The number of amides is 2. The van der Waals surface area contributed by atoms with E-state index in [1.165, 1.54) is 23.5 Å². The Balaban J connectivity index is 1.36. The van der Waals surface area contributed by atoms with Crippen molar-refractivity contribution >= 4 is 43.8 Å². The first-order valence-corrected chi connectivity index (χ1v) is 13.0. The van der Waals surface area contributed by atoms with E-state index in [9.17, 15) is 18.0 Å². The molecule has 1 aromatic heterocycles. The Morgan fingerprint density at radius 1 is 1.12 bits per heavy atom. The Bertz CT molecular complexity index is 1270. The van der Waals surface area contributed by atoms with Gasteiger partial charge in [-0.3, -0.25) is 9.59 Å². The molecule has 0 spiro atoms. The van der Waals surface area contributed by atoms with Gasteiger partial charge in [-0.25, -0.2) is 8.42 Å². The zero-order valence-electron chi connectivity index (χ0n) is 18.3. The normalized spacial score (nSPS) is 16.2. The maximum absolute atomic E-state index is 12.6. The van der Waals surface area contributed by atoms with E-state index in [2.05, 4.69) is 21.6 Å². The number of hydrogen-bond acceptors (Lipinski definition) is 7. The molecule has 0 bridgehead atoms. The molecule has 2 amide bonds. The molecule has 1 N–H and O–H groups in total. The summed E-state index contributed by atoms with van der Waals surface area (Å²) in [5, 5.41) is 11.8. The summed E-state index contributed by atoms with van der Waals surface area (Å²) >= 11 is 1.21. The molecule has 2 aromatic carbocycles. The lowest BCUT2D eigenvalue weighted by molar-refractivity contribution is -0.117. The van der Waals surface area contributed by atoms with E-state index in [1.807, 2.05) is 26.0 Å². The third-order valence-corrected chi connectivity index (χ3v) is 8.11. The van der Waals surface area contributed by atoms with Crippen molar-refractivity contribution in [2.45, 2.75) is 37.5 Å². The van der Waals surface area contributed by atoms with Crippen molar-refractivity contribution in [1.29, 1.82) is 0 Å². The number of sulfone groups is 1. The van der Waals surface area contributed by atoms with E-state index >= 15 is 0 Å². The highest BCUT2D eigenvalue weighted by molar-refractivity contribution is 7.91. The van der Waals surface area contributed by atoms with Crippen LogP contribution in [0.3, 0.4) is 0 Å².